The minimum atomic E-state index is -0.394. The number of nitrogens with one attached hydrogen (secondary N) is 2. The topological polar surface area (TPSA) is 123 Å². The maximum Gasteiger partial charge on any atom is 0.325 e. The molecule has 1 aromatic heterocycles. The number of esters is 1. The molecule has 0 saturated carbocycles. The fourth-order valence-electron chi connectivity index (χ4n) is 2.91. The molecule has 1 aromatic carbocycles. The number of ether oxygens (including phenoxy) is 2. The number of phenols is 1. The van der Waals surface area contributed by atoms with Crippen LogP contribution in [0.1, 0.15) is 30.4 Å². The number of carbonyl (C=O) groups excluding carboxylic acids is 2. The molecular weight excluding hydrogens is 352 g/mol. The molecule has 9 nitrogen and oxygen atoms in total. The number of rotatable bonds is 6. The van der Waals surface area contributed by atoms with E-state index < -0.39 is 5.97 Å². The highest BCUT2D eigenvalue weighted by atomic mass is 16.5. The van der Waals surface area contributed by atoms with Gasteiger partial charge in [0, 0.05) is 36.5 Å². The smallest absolute Gasteiger partial charge is 0.325 e. The van der Waals surface area contributed by atoms with Gasteiger partial charge in [-0.1, -0.05) is 0 Å². The van der Waals surface area contributed by atoms with Crippen LogP contribution in [0.2, 0.25) is 0 Å². The number of phenolic OH excluding ortho intramolecular Hbond substituents is 1. The molecule has 0 radical (unpaired) electrons. The van der Waals surface area contributed by atoms with Crippen LogP contribution in [-0.2, 0) is 14.3 Å². The summed E-state index contributed by atoms with van der Waals surface area (Å²) in [5.74, 6) is -0.273. The summed E-state index contributed by atoms with van der Waals surface area (Å²) >= 11 is 0. The molecule has 2 heterocycles. The van der Waals surface area contributed by atoms with Gasteiger partial charge in [-0.15, -0.1) is 0 Å². The second-order valence-electron chi connectivity index (χ2n) is 5.91. The number of aromatic hydroxyl groups is 1. The molecule has 3 rings (SSSR count). The Morgan fingerprint density at radius 1 is 1.37 bits per heavy atom. The average molecular weight is 372 g/mol. The van der Waals surface area contributed by atoms with E-state index in [1.54, 1.807) is 25.4 Å². The minimum Gasteiger partial charge on any atom is -0.504 e. The number of carbonyl (C=O) groups is 2. The molecule has 1 aliphatic rings. The van der Waals surface area contributed by atoms with Gasteiger partial charge in [-0.3, -0.25) is 9.59 Å². The zero-order valence-corrected chi connectivity index (χ0v) is 15.0. The lowest BCUT2D eigenvalue weighted by atomic mass is 9.86. The number of hydrogen-bond acceptors (Lipinski definition) is 8. The first-order valence-electron chi connectivity index (χ1n) is 8.44. The Kier molecular flexibility index (Phi) is 5.39. The Morgan fingerprint density at radius 3 is 2.78 bits per heavy atom. The molecule has 27 heavy (non-hydrogen) atoms. The molecule has 142 valence electrons. The van der Waals surface area contributed by atoms with Crippen molar-refractivity contribution in [1.82, 2.24) is 9.97 Å². The van der Waals surface area contributed by atoms with Crippen molar-refractivity contribution in [2.75, 3.05) is 30.9 Å². The second kappa shape index (κ2) is 7.90. The summed E-state index contributed by atoms with van der Waals surface area (Å²) in [5.41, 5.74) is 2.07. The van der Waals surface area contributed by atoms with Gasteiger partial charge in [-0.25, -0.2) is 9.97 Å². The van der Waals surface area contributed by atoms with E-state index in [2.05, 4.69) is 20.6 Å². The Balaban J connectivity index is 1.82. The summed E-state index contributed by atoms with van der Waals surface area (Å²) in [5, 5.41) is 15.5. The van der Waals surface area contributed by atoms with Crippen LogP contribution in [0.3, 0.4) is 0 Å². The van der Waals surface area contributed by atoms with Crippen LogP contribution in [0.4, 0.5) is 11.6 Å². The van der Waals surface area contributed by atoms with E-state index in [1.807, 2.05) is 0 Å². The van der Waals surface area contributed by atoms with Crippen molar-refractivity contribution in [1.29, 1.82) is 0 Å². The van der Waals surface area contributed by atoms with Gasteiger partial charge in [0.25, 0.3) is 0 Å². The quantitative estimate of drug-likeness (QED) is 0.654. The largest absolute Gasteiger partial charge is 0.504 e. The summed E-state index contributed by atoms with van der Waals surface area (Å²) in [6.07, 6.45) is 3.43. The zero-order valence-electron chi connectivity index (χ0n) is 15.0. The van der Waals surface area contributed by atoms with Gasteiger partial charge in [0.05, 0.1) is 13.7 Å². The molecule has 1 unspecified atom stereocenters. The van der Waals surface area contributed by atoms with E-state index in [9.17, 15) is 14.7 Å². The standard InChI is InChI=1S/C18H20N4O5/c1-3-27-17(25)9-21-18-19-7-10(8-20-18)11-5-16(24)22-13-6-14(23)15(26-2)4-12(11)13/h4,6-8,11,23H,3,5,9H2,1-2H3,(H,22,24)(H,19,20,21). The fraction of sp³-hybridized carbons (Fsp3) is 0.333. The Labute approximate surface area is 155 Å². The number of aromatic nitrogens is 2. The van der Waals surface area contributed by atoms with Crippen molar-refractivity contribution in [3.63, 3.8) is 0 Å². The summed E-state index contributed by atoms with van der Waals surface area (Å²) in [6.45, 7) is 2.01. The molecule has 0 saturated heterocycles. The van der Waals surface area contributed by atoms with Crippen molar-refractivity contribution in [2.45, 2.75) is 19.3 Å². The van der Waals surface area contributed by atoms with Gasteiger partial charge in [0.1, 0.15) is 6.54 Å². The Morgan fingerprint density at radius 2 is 2.11 bits per heavy atom. The number of hydrogen-bond donors (Lipinski definition) is 3. The molecule has 9 heteroatoms. The van der Waals surface area contributed by atoms with Crippen LogP contribution in [0.25, 0.3) is 0 Å². The molecule has 0 fully saturated rings. The van der Waals surface area contributed by atoms with Crippen molar-refractivity contribution in [2.24, 2.45) is 0 Å². The van der Waals surface area contributed by atoms with E-state index >= 15 is 0 Å². The van der Waals surface area contributed by atoms with Crippen LogP contribution in [0, 0.1) is 0 Å². The van der Waals surface area contributed by atoms with E-state index in [1.165, 1.54) is 13.2 Å². The third kappa shape index (κ3) is 4.08. The average Bonchev–Trinajstić information content (AvgIpc) is 2.66. The predicted octanol–water partition coefficient (Wildman–Crippen LogP) is 1.64. The zero-order chi connectivity index (χ0) is 19.4. The van der Waals surface area contributed by atoms with E-state index in [4.69, 9.17) is 9.47 Å². The first kappa shape index (κ1) is 18.4. The SMILES string of the molecule is CCOC(=O)CNc1ncc(C2CC(=O)Nc3cc(O)c(OC)cc32)cn1. The number of methoxy groups -OCH3 is 1. The first-order valence-corrected chi connectivity index (χ1v) is 8.44. The Hall–Kier alpha value is -3.36. The van der Waals surface area contributed by atoms with Gasteiger partial charge in [0.15, 0.2) is 11.5 Å². The van der Waals surface area contributed by atoms with Crippen LogP contribution in [0.15, 0.2) is 24.5 Å². The lowest BCUT2D eigenvalue weighted by Gasteiger charge is -2.26. The van der Waals surface area contributed by atoms with Crippen molar-refractivity contribution in [3.05, 3.63) is 35.7 Å². The molecule has 0 spiro atoms. The maximum atomic E-state index is 12.1. The molecular formula is C18H20N4O5. The summed E-state index contributed by atoms with van der Waals surface area (Å²) in [6, 6.07) is 3.16. The van der Waals surface area contributed by atoms with Crippen molar-refractivity contribution in [3.8, 4) is 11.5 Å². The summed E-state index contributed by atoms with van der Waals surface area (Å²) < 4.78 is 10.00. The van der Waals surface area contributed by atoms with Crippen LogP contribution in [-0.4, -0.2) is 47.2 Å². The molecule has 0 bridgehead atoms. The highest BCUT2D eigenvalue weighted by molar-refractivity contribution is 5.95. The van der Waals surface area contributed by atoms with Gasteiger partial charge in [-0.05, 0) is 24.1 Å². The minimum absolute atomic E-state index is 0.0294. The lowest BCUT2D eigenvalue weighted by molar-refractivity contribution is -0.140. The monoisotopic (exact) mass is 372 g/mol. The molecule has 3 N–H and O–H groups in total. The molecule has 0 aliphatic carbocycles. The third-order valence-corrected chi connectivity index (χ3v) is 4.16. The fourth-order valence-corrected chi connectivity index (χ4v) is 2.91. The van der Waals surface area contributed by atoms with Crippen LogP contribution >= 0.6 is 0 Å². The van der Waals surface area contributed by atoms with Crippen molar-refractivity contribution >= 4 is 23.5 Å². The molecule has 2 aromatic rings. The summed E-state index contributed by atoms with van der Waals surface area (Å²) in [7, 11) is 1.46. The van der Waals surface area contributed by atoms with E-state index in [-0.39, 0.29) is 36.5 Å². The number of amides is 1. The predicted molar refractivity (Wildman–Crippen MR) is 96.9 cm³/mol. The van der Waals surface area contributed by atoms with Crippen molar-refractivity contribution < 1.29 is 24.2 Å². The maximum absolute atomic E-state index is 12.1. The number of benzene rings is 1. The highest BCUT2D eigenvalue weighted by Gasteiger charge is 2.28. The number of nitrogens with zero attached hydrogens (tertiary/aromatic N) is 2. The highest BCUT2D eigenvalue weighted by Crippen LogP contribution is 2.42. The normalized spacial score (nSPS) is 15.5. The second-order valence-corrected chi connectivity index (χ2v) is 5.91. The van der Waals surface area contributed by atoms with E-state index in [0.29, 0.717) is 18.0 Å². The van der Waals surface area contributed by atoms with E-state index in [0.717, 1.165) is 11.1 Å². The summed E-state index contributed by atoms with van der Waals surface area (Å²) in [4.78, 5) is 31.8. The first-order chi connectivity index (χ1) is 13.0. The number of fused-ring (bicyclic) bond motifs is 1. The van der Waals surface area contributed by atoms with Gasteiger partial charge < -0.3 is 25.2 Å². The third-order valence-electron chi connectivity index (χ3n) is 4.16. The molecule has 1 amide bonds. The Bertz CT molecular complexity index is 854. The van der Waals surface area contributed by atoms with Gasteiger partial charge in [-0.2, -0.15) is 0 Å². The van der Waals surface area contributed by atoms with Crippen LogP contribution in [0.5, 0.6) is 11.5 Å². The van der Waals surface area contributed by atoms with Crippen LogP contribution < -0.4 is 15.4 Å². The lowest BCUT2D eigenvalue weighted by Crippen LogP contribution is -2.24. The molecule has 1 atom stereocenters. The van der Waals surface area contributed by atoms with Gasteiger partial charge in [0.2, 0.25) is 11.9 Å². The van der Waals surface area contributed by atoms with Gasteiger partial charge >= 0.3 is 5.97 Å². The molecule has 1 aliphatic heterocycles. The number of anilines is 2.